The molecule has 1 aromatic heterocycles. The number of hydrogen-bond acceptors (Lipinski definition) is 5. The predicted octanol–water partition coefficient (Wildman–Crippen LogP) is 3.19. The van der Waals surface area contributed by atoms with Gasteiger partial charge in [-0.25, -0.2) is 0 Å². The molecule has 0 aromatic carbocycles. The maximum atomic E-state index is 5.53. The van der Waals surface area contributed by atoms with E-state index < -0.39 is 0 Å². The Labute approximate surface area is 121 Å². The second kappa shape index (κ2) is 7.74. The van der Waals surface area contributed by atoms with Crippen molar-refractivity contribution in [3.8, 4) is 0 Å². The van der Waals surface area contributed by atoms with E-state index in [1.165, 1.54) is 19.3 Å². The molecule has 1 fully saturated rings. The average molecular weight is 281 g/mol. The van der Waals surface area contributed by atoms with Crippen LogP contribution in [0.25, 0.3) is 0 Å². The number of hydrogen-bond donors (Lipinski definition) is 1. The Bertz CT molecular complexity index is 392. The Kier molecular flexibility index (Phi) is 5.98. The van der Waals surface area contributed by atoms with Crippen molar-refractivity contribution in [2.45, 2.75) is 70.4 Å². The van der Waals surface area contributed by atoms with Crippen LogP contribution in [-0.2, 0) is 4.74 Å². The highest BCUT2D eigenvalue weighted by Crippen LogP contribution is 2.33. The van der Waals surface area contributed by atoms with Gasteiger partial charge in [0.15, 0.2) is 0 Å². The van der Waals surface area contributed by atoms with Crippen molar-refractivity contribution < 1.29 is 9.26 Å². The molecule has 0 radical (unpaired) electrons. The molecule has 0 spiro atoms. The molecule has 1 N–H and O–H groups in total. The zero-order chi connectivity index (χ0) is 14.4. The Morgan fingerprint density at radius 3 is 2.85 bits per heavy atom. The van der Waals surface area contributed by atoms with E-state index in [0.29, 0.717) is 17.8 Å². The summed E-state index contributed by atoms with van der Waals surface area (Å²) in [7, 11) is 1.71. The van der Waals surface area contributed by atoms with E-state index in [4.69, 9.17) is 9.26 Å². The summed E-state index contributed by atoms with van der Waals surface area (Å²) < 4.78 is 11.0. The lowest BCUT2D eigenvalue weighted by Crippen LogP contribution is -2.37. The fourth-order valence-electron chi connectivity index (χ4n) is 3.08. The number of aromatic nitrogens is 2. The van der Waals surface area contributed by atoms with Gasteiger partial charge in [-0.05, 0) is 25.8 Å². The summed E-state index contributed by atoms with van der Waals surface area (Å²) in [5.74, 6) is 1.83. The molecule has 5 heteroatoms. The van der Waals surface area contributed by atoms with E-state index in [2.05, 4.69) is 29.3 Å². The molecule has 0 saturated heterocycles. The van der Waals surface area contributed by atoms with Gasteiger partial charge in [0.25, 0.3) is 0 Å². The number of nitrogens with one attached hydrogen (secondary N) is 1. The van der Waals surface area contributed by atoms with Crippen molar-refractivity contribution in [3.05, 3.63) is 11.7 Å². The smallest absolute Gasteiger partial charge is 0.231 e. The molecule has 1 aliphatic carbocycles. The fraction of sp³-hybridized carbons (Fsp3) is 0.867. The van der Waals surface area contributed by atoms with Gasteiger partial charge >= 0.3 is 0 Å². The summed E-state index contributed by atoms with van der Waals surface area (Å²) in [5.41, 5.74) is 0. The first-order valence-corrected chi connectivity index (χ1v) is 7.89. The van der Waals surface area contributed by atoms with Crippen molar-refractivity contribution >= 4 is 0 Å². The number of methoxy groups -OCH3 is 1. The third-order valence-corrected chi connectivity index (χ3v) is 4.13. The second-order valence-electron chi connectivity index (χ2n) is 5.56. The van der Waals surface area contributed by atoms with Crippen molar-refractivity contribution in [2.24, 2.45) is 0 Å². The summed E-state index contributed by atoms with van der Waals surface area (Å²) in [5, 5.41) is 7.69. The molecule has 0 aliphatic heterocycles. The first-order valence-electron chi connectivity index (χ1n) is 7.89. The van der Waals surface area contributed by atoms with E-state index in [0.717, 1.165) is 31.7 Å². The molecule has 0 amide bonds. The molecule has 2 rings (SSSR count). The Morgan fingerprint density at radius 2 is 2.15 bits per heavy atom. The van der Waals surface area contributed by atoms with Crippen molar-refractivity contribution in [3.63, 3.8) is 0 Å². The summed E-state index contributed by atoms with van der Waals surface area (Å²) in [6.45, 7) is 5.27. The maximum absolute atomic E-state index is 5.53. The van der Waals surface area contributed by atoms with Crippen LogP contribution >= 0.6 is 0 Å². The van der Waals surface area contributed by atoms with E-state index in [9.17, 15) is 0 Å². The molecule has 5 nitrogen and oxygen atoms in total. The number of ether oxygens (including phenoxy) is 1. The summed E-state index contributed by atoms with van der Waals surface area (Å²) >= 11 is 0. The molecule has 3 unspecified atom stereocenters. The molecule has 1 aliphatic rings. The first kappa shape index (κ1) is 15.4. The molecule has 0 bridgehead atoms. The zero-order valence-electron chi connectivity index (χ0n) is 12.9. The fourth-order valence-corrected chi connectivity index (χ4v) is 3.08. The Morgan fingerprint density at radius 1 is 1.35 bits per heavy atom. The minimum Gasteiger partial charge on any atom is -0.373 e. The van der Waals surface area contributed by atoms with Crippen LogP contribution in [0.3, 0.4) is 0 Å². The zero-order valence-corrected chi connectivity index (χ0v) is 12.9. The van der Waals surface area contributed by atoms with Gasteiger partial charge in [0.1, 0.15) is 6.10 Å². The standard InChI is InChI=1S/C15H27N3O2/c1-4-8-13(19-3)14-17-15(20-18-14)11-9-6-7-10-12(11)16-5-2/h11-13,16H,4-10H2,1-3H3. The molecule has 1 heterocycles. The van der Waals surface area contributed by atoms with Crippen LogP contribution in [0.1, 0.15) is 76.1 Å². The van der Waals surface area contributed by atoms with Crippen LogP contribution in [0, 0.1) is 0 Å². The Balaban J connectivity index is 2.09. The van der Waals surface area contributed by atoms with Crippen molar-refractivity contribution in [1.82, 2.24) is 15.5 Å². The van der Waals surface area contributed by atoms with Crippen molar-refractivity contribution in [2.75, 3.05) is 13.7 Å². The van der Waals surface area contributed by atoms with Gasteiger partial charge in [-0.2, -0.15) is 4.98 Å². The normalized spacial score (nSPS) is 24.8. The first-order chi connectivity index (χ1) is 9.80. The largest absolute Gasteiger partial charge is 0.373 e. The molecule has 3 atom stereocenters. The summed E-state index contributed by atoms with van der Waals surface area (Å²) in [6.07, 6.45) is 6.78. The van der Waals surface area contributed by atoms with Crippen LogP contribution in [0.4, 0.5) is 0 Å². The van der Waals surface area contributed by atoms with Gasteiger partial charge in [-0.1, -0.05) is 38.3 Å². The van der Waals surface area contributed by atoms with Gasteiger partial charge in [-0.15, -0.1) is 0 Å². The van der Waals surface area contributed by atoms with E-state index in [1.807, 2.05) is 0 Å². The van der Waals surface area contributed by atoms with Crippen LogP contribution < -0.4 is 5.32 Å². The van der Waals surface area contributed by atoms with Gasteiger partial charge in [0.2, 0.25) is 11.7 Å². The van der Waals surface area contributed by atoms with Gasteiger partial charge < -0.3 is 14.6 Å². The highest BCUT2D eigenvalue weighted by Gasteiger charge is 2.31. The maximum Gasteiger partial charge on any atom is 0.231 e. The highest BCUT2D eigenvalue weighted by molar-refractivity contribution is 5.02. The summed E-state index contributed by atoms with van der Waals surface area (Å²) in [6, 6.07) is 0.467. The van der Waals surface area contributed by atoms with E-state index in [-0.39, 0.29) is 6.10 Å². The van der Waals surface area contributed by atoms with Crippen LogP contribution in [0.2, 0.25) is 0 Å². The molecule has 20 heavy (non-hydrogen) atoms. The Hall–Kier alpha value is -0.940. The minimum atomic E-state index is -0.0429. The van der Waals surface area contributed by atoms with Gasteiger partial charge in [0.05, 0.1) is 5.92 Å². The topological polar surface area (TPSA) is 60.2 Å². The van der Waals surface area contributed by atoms with Gasteiger partial charge in [0, 0.05) is 13.2 Å². The lowest BCUT2D eigenvalue weighted by Gasteiger charge is -2.29. The highest BCUT2D eigenvalue weighted by atomic mass is 16.5. The average Bonchev–Trinajstić information content (AvgIpc) is 2.95. The van der Waals surface area contributed by atoms with Gasteiger partial charge in [-0.3, -0.25) is 0 Å². The lowest BCUT2D eigenvalue weighted by molar-refractivity contribution is 0.0854. The van der Waals surface area contributed by atoms with Crippen LogP contribution in [0.5, 0.6) is 0 Å². The molecule has 1 aromatic rings. The number of rotatable bonds is 7. The molecular weight excluding hydrogens is 254 g/mol. The number of likely N-dealkylation sites (N-methyl/N-ethyl adjacent to an activating group) is 1. The van der Waals surface area contributed by atoms with Crippen LogP contribution in [0.15, 0.2) is 4.52 Å². The predicted molar refractivity (Wildman–Crippen MR) is 77.6 cm³/mol. The van der Waals surface area contributed by atoms with E-state index >= 15 is 0 Å². The van der Waals surface area contributed by atoms with Crippen molar-refractivity contribution in [1.29, 1.82) is 0 Å². The van der Waals surface area contributed by atoms with Crippen LogP contribution in [-0.4, -0.2) is 29.8 Å². The SMILES string of the molecule is CCCC(OC)c1noc(C2CCCCC2NCC)n1. The minimum absolute atomic E-state index is 0.0429. The summed E-state index contributed by atoms with van der Waals surface area (Å²) in [4.78, 5) is 4.61. The third-order valence-electron chi connectivity index (χ3n) is 4.13. The second-order valence-corrected chi connectivity index (χ2v) is 5.56. The number of nitrogens with zero attached hydrogens (tertiary/aromatic N) is 2. The lowest BCUT2D eigenvalue weighted by atomic mass is 9.84. The van der Waals surface area contributed by atoms with E-state index in [1.54, 1.807) is 7.11 Å². The molecule has 114 valence electrons. The molecular formula is C15H27N3O2. The monoisotopic (exact) mass is 281 g/mol. The third kappa shape index (κ3) is 3.58. The quantitative estimate of drug-likeness (QED) is 0.831. The molecule has 1 saturated carbocycles.